The van der Waals surface area contributed by atoms with Gasteiger partial charge in [-0.1, -0.05) is 13.3 Å². The lowest BCUT2D eigenvalue weighted by Gasteiger charge is -1.89. The van der Waals surface area contributed by atoms with Gasteiger partial charge in [-0.05, 0) is 22.4 Å². The van der Waals surface area contributed by atoms with Crippen molar-refractivity contribution in [1.82, 2.24) is 15.2 Å². The highest BCUT2D eigenvalue weighted by molar-refractivity contribution is 9.10. The Bertz CT molecular complexity index is 197. The molecule has 0 amide bonds. The highest BCUT2D eigenvalue weighted by atomic mass is 79.9. The Morgan fingerprint density at radius 3 is 2.90 bits per heavy atom. The zero-order valence-electron chi connectivity index (χ0n) is 5.89. The summed E-state index contributed by atoms with van der Waals surface area (Å²) in [6.07, 6.45) is 3.36. The molecule has 3 nitrogen and oxygen atoms in total. The van der Waals surface area contributed by atoms with Gasteiger partial charge >= 0.3 is 0 Å². The van der Waals surface area contributed by atoms with Gasteiger partial charge in [0.05, 0.1) is 0 Å². The van der Waals surface area contributed by atoms with Gasteiger partial charge in [0.1, 0.15) is 5.82 Å². The van der Waals surface area contributed by atoms with Crippen molar-refractivity contribution >= 4 is 15.9 Å². The van der Waals surface area contributed by atoms with Crippen molar-refractivity contribution in [3.63, 3.8) is 0 Å². The van der Waals surface area contributed by atoms with E-state index in [-0.39, 0.29) is 0 Å². The molecular formula is C6H10BrN3. The van der Waals surface area contributed by atoms with Gasteiger partial charge in [0.15, 0.2) is 0 Å². The zero-order valence-corrected chi connectivity index (χ0v) is 7.48. The van der Waals surface area contributed by atoms with Crippen molar-refractivity contribution in [2.45, 2.75) is 26.2 Å². The van der Waals surface area contributed by atoms with Crippen molar-refractivity contribution in [1.29, 1.82) is 0 Å². The van der Waals surface area contributed by atoms with Crippen LogP contribution in [-0.2, 0) is 6.42 Å². The lowest BCUT2D eigenvalue weighted by molar-refractivity contribution is 0.756. The smallest absolute Gasteiger partial charge is 0.217 e. The summed E-state index contributed by atoms with van der Waals surface area (Å²) in [5.41, 5.74) is 0. The normalized spacial score (nSPS) is 10.2. The van der Waals surface area contributed by atoms with Crippen molar-refractivity contribution in [3.8, 4) is 0 Å². The summed E-state index contributed by atoms with van der Waals surface area (Å²) in [7, 11) is 0. The number of hydrogen-bond donors (Lipinski definition) is 1. The van der Waals surface area contributed by atoms with Gasteiger partial charge in [-0.25, -0.2) is 4.98 Å². The monoisotopic (exact) mass is 203 g/mol. The molecule has 0 saturated heterocycles. The molecule has 0 aliphatic heterocycles. The van der Waals surface area contributed by atoms with Gasteiger partial charge in [0, 0.05) is 6.42 Å². The SMILES string of the molecule is CCCCc1nc(Br)n[nH]1. The van der Waals surface area contributed by atoms with Crippen LogP contribution < -0.4 is 0 Å². The molecule has 0 unspecified atom stereocenters. The molecular weight excluding hydrogens is 194 g/mol. The third-order valence-electron chi connectivity index (χ3n) is 1.27. The quantitative estimate of drug-likeness (QED) is 0.816. The Labute approximate surface area is 68.4 Å². The molecule has 0 aliphatic carbocycles. The van der Waals surface area contributed by atoms with Gasteiger partial charge in [-0.15, -0.1) is 5.10 Å². The third kappa shape index (κ3) is 2.10. The Morgan fingerprint density at radius 2 is 2.40 bits per heavy atom. The minimum atomic E-state index is 0.651. The van der Waals surface area contributed by atoms with Crippen molar-refractivity contribution in [2.75, 3.05) is 0 Å². The van der Waals surface area contributed by atoms with Crippen LogP contribution in [0.25, 0.3) is 0 Å². The summed E-state index contributed by atoms with van der Waals surface area (Å²) >= 11 is 3.17. The lowest BCUT2D eigenvalue weighted by Crippen LogP contribution is -1.86. The molecule has 0 aromatic carbocycles. The molecule has 0 saturated carbocycles. The number of aromatic nitrogens is 3. The Balaban J connectivity index is 2.42. The molecule has 1 heterocycles. The van der Waals surface area contributed by atoms with E-state index >= 15 is 0 Å². The molecule has 1 aromatic heterocycles. The van der Waals surface area contributed by atoms with Crippen molar-refractivity contribution in [2.24, 2.45) is 0 Å². The predicted octanol–water partition coefficient (Wildman–Crippen LogP) is 1.91. The molecule has 0 atom stereocenters. The van der Waals surface area contributed by atoms with E-state index < -0.39 is 0 Å². The van der Waals surface area contributed by atoms with E-state index in [0.29, 0.717) is 4.73 Å². The zero-order chi connectivity index (χ0) is 7.40. The first-order valence-corrected chi connectivity index (χ1v) is 4.19. The first kappa shape index (κ1) is 7.72. The molecule has 56 valence electrons. The average Bonchev–Trinajstić information content (AvgIpc) is 2.31. The number of nitrogens with zero attached hydrogens (tertiary/aromatic N) is 2. The van der Waals surface area contributed by atoms with Crippen molar-refractivity contribution in [3.05, 3.63) is 10.6 Å². The van der Waals surface area contributed by atoms with Crippen molar-refractivity contribution < 1.29 is 0 Å². The molecule has 0 spiro atoms. The minimum Gasteiger partial charge on any atom is -0.262 e. The van der Waals surface area contributed by atoms with E-state index in [2.05, 4.69) is 38.0 Å². The highest BCUT2D eigenvalue weighted by Crippen LogP contribution is 2.03. The summed E-state index contributed by atoms with van der Waals surface area (Å²) in [5, 5.41) is 6.68. The summed E-state index contributed by atoms with van der Waals surface area (Å²) < 4.78 is 0.651. The van der Waals surface area contributed by atoms with Gasteiger partial charge in [-0.2, -0.15) is 0 Å². The number of hydrogen-bond acceptors (Lipinski definition) is 2. The lowest BCUT2D eigenvalue weighted by atomic mass is 10.2. The predicted molar refractivity (Wildman–Crippen MR) is 42.7 cm³/mol. The van der Waals surface area contributed by atoms with E-state index in [4.69, 9.17) is 0 Å². The number of aromatic amines is 1. The number of aryl methyl sites for hydroxylation is 1. The molecule has 0 aliphatic rings. The second-order valence-electron chi connectivity index (χ2n) is 2.15. The van der Waals surface area contributed by atoms with E-state index in [1.54, 1.807) is 0 Å². The fourth-order valence-electron chi connectivity index (χ4n) is 0.728. The van der Waals surface area contributed by atoms with Gasteiger partial charge in [0.2, 0.25) is 4.73 Å². The molecule has 1 aromatic rings. The van der Waals surface area contributed by atoms with Crippen LogP contribution in [0.15, 0.2) is 4.73 Å². The fourth-order valence-corrected chi connectivity index (χ4v) is 1.03. The van der Waals surface area contributed by atoms with Crippen LogP contribution in [0.1, 0.15) is 25.6 Å². The third-order valence-corrected chi connectivity index (χ3v) is 1.63. The van der Waals surface area contributed by atoms with Gasteiger partial charge in [0.25, 0.3) is 0 Å². The average molecular weight is 204 g/mol. The topological polar surface area (TPSA) is 41.6 Å². The molecule has 1 N–H and O–H groups in total. The summed E-state index contributed by atoms with van der Waals surface area (Å²) in [5.74, 6) is 0.966. The van der Waals surface area contributed by atoms with E-state index in [1.165, 1.54) is 12.8 Å². The largest absolute Gasteiger partial charge is 0.262 e. The first-order chi connectivity index (χ1) is 4.83. The maximum absolute atomic E-state index is 4.10. The fraction of sp³-hybridized carbons (Fsp3) is 0.667. The molecule has 1 rings (SSSR count). The van der Waals surface area contributed by atoms with Gasteiger partial charge < -0.3 is 0 Å². The highest BCUT2D eigenvalue weighted by Gasteiger charge is 1.97. The van der Waals surface area contributed by atoms with E-state index in [0.717, 1.165) is 12.2 Å². The van der Waals surface area contributed by atoms with Crippen LogP contribution in [0.4, 0.5) is 0 Å². The maximum atomic E-state index is 4.10. The molecule has 0 fully saturated rings. The maximum Gasteiger partial charge on any atom is 0.217 e. The number of halogens is 1. The van der Waals surface area contributed by atoms with Crippen LogP contribution in [0.3, 0.4) is 0 Å². The molecule has 0 radical (unpaired) electrons. The number of rotatable bonds is 3. The number of nitrogens with one attached hydrogen (secondary N) is 1. The van der Waals surface area contributed by atoms with Crippen LogP contribution in [-0.4, -0.2) is 15.2 Å². The summed E-state index contributed by atoms with van der Waals surface area (Å²) in [4.78, 5) is 4.10. The summed E-state index contributed by atoms with van der Waals surface area (Å²) in [6, 6.07) is 0. The van der Waals surface area contributed by atoms with Crippen LogP contribution in [0.5, 0.6) is 0 Å². The minimum absolute atomic E-state index is 0.651. The number of unbranched alkanes of at least 4 members (excludes halogenated alkanes) is 1. The first-order valence-electron chi connectivity index (χ1n) is 3.39. The molecule has 10 heavy (non-hydrogen) atoms. The second-order valence-corrected chi connectivity index (χ2v) is 2.86. The van der Waals surface area contributed by atoms with Crippen LogP contribution in [0.2, 0.25) is 0 Å². The number of H-pyrrole nitrogens is 1. The second kappa shape index (κ2) is 3.71. The van der Waals surface area contributed by atoms with Crippen LogP contribution in [0, 0.1) is 0 Å². The molecule has 4 heteroatoms. The standard InChI is InChI=1S/C6H10BrN3/c1-2-3-4-5-8-6(7)10-9-5/h2-4H2,1H3,(H,8,9,10). The Morgan fingerprint density at radius 1 is 1.60 bits per heavy atom. The molecule has 0 bridgehead atoms. The van der Waals surface area contributed by atoms with Gasteiger partial charge in [-0.3, -0.25) is 5.10 Å². The van der Waals surface area contributed by atoms with E-state index in [1.807, 2.05) is 0 Å². The summed E-state index contributed by atoms with van der Waals surface area (Å²) in [6.45, 7) is 2.16. The Kier molecular flexibility index (Phi) is 2.86. The van der Waals surface area contributed by atoms with E-state index in [9.17, 15) is 0 Å². The van der Waals surface area contributed by atoms with Crippen LogP contribution >= 0.6 is 15.9 Å². The Hall–Kier alpha value is -0.380.